The van der Waals surface area contributed by atoms with Gasteiger partial charge in [-0.3, -0.25) is 4.79 Å². The predicted molar refractivity (Wildman–Crippen MR) is 142 cm³/mol. The van der Waals surface area contributed by atoms with Crippen LogP contribution in [0.2, 0.25) is 10.0 Å². The van der Waals surface area contributed by atoms with Gasteiger partial charge in [-0.25, -0.2) is 0 Å². The summed E-state index contributed by atoms with van der Waals surface area (Å²) >= 11 is 19.0. The summed E-state index contributed by atoms with van der Waals surface area (Å²) < 4.78 is 0. The number of halogens is 2. The number of benzene rings is 3. The number of carbonyl (C=O) groups is 1. The molecule has 1 unspecified atom stereocenters. The third kappa shape index (κ3) is 7.14. The summed E-state index contributed by atoms with van der Waals surface area (Å²) in [5, 5.41) is 10.4. The van der Waals surface area contributed by atoms with Gasteiger partial charge in [0, 0.05) is 21.3 Å². The van der Waals surface area contributed by atoms with Crippen molar-refractivity contribution in [2.24, 2.45) is 0 Å². The zero-order valence-corrected chi connectivity index (χ0v) is 20.8. The number of anilines is 3. The van der Waals surface area contributed by atoms with E-state index < -0.39 is 0 Å². The molecule has 3 rings (SSSR count). The molecule has 32 heavy (non-hydrogen) atoms. The summed E-state index contributed by atoms with van der Waals surface area (Å²) in [7, 11) is 0. The van der Waals surface area contributed by atoms with Gasteiger partial charge in [0.15, 0.2) is 5.11 Å². The monoisotopic (exact) mass is 503 g/mol. The van der Waals surface area contributed by atoms with E-state index in [4.69, 9.17) is 35.4 Å². The van der Waals surface area contributed by atoms with Crippen molar-refractivity contribution in [1.29, 1.82) is 0 Å². The molecule has 1 amide bonds. The third-order valence-corrected chi connectivity index (χ3v) is 6.64. The Balaban J connectivity index is 1.62. The zero-order chi connectivity index (χ0) is 23.1. The molecule has 0 spiro atoms. The molecule has 3 aromatic carbocycles. The number of hydrogen-bond acceptors (Lipinski definition) is 3. The van der Waals surface area contributed by atoms with E-state index in [9.17, 15) is 4.79 Å². The minimum absolute atomic E-state index is 0.114. The van der Waals surface area contributed by atoms with Crippen LogP contribution in [0.5, 0.6) is 0 Å². The summed E-state index contributed by atoms with van der Waals surface area (Å²) in [6, 6.07) is 20.8. The van der Waals surface area contributed by atoms with Gasteiger partial charge in [-0.2, -0.15) is 0 Å². The lowest BCUT2D eigenvalue weighted by Crippen LogP contribution is -2.24. The van der Waals surface area contributed by atoms with Crippen molar-refractivity contribution < 1.29 is 4.79 Å². The van der Waals surface area contributed by atoms with Gasteiger partial charge >= 0.3 is 0 Å². The van der Waals surface area contributed by atoms with Gasteiger partial charge in [-0.05, 0) is 74.1 Å². The largest absolute Gasteiger partial charge is 0.332 e. The lowest BCUT2D eigenvalue weighted by molar-refractivity contribution is -0.115. The molecule has 0 fully saturated rings. The van der Waals surface area contributed by atoms with Crippen LogP contribution in [0.1, 0.15) is 18.9 Å². The summed E-state index contributed by atoms with van der Waals surface area (Å²) in [5.41, 5.74) is 3.49. The average Bonchev–Trinajstić information content (AvgIpc) is 2.75. The van der Waals surface area contributed by atoms with E-state index in [1.807, 2.05) is 62.4 Å². The Kier molecular flexibility index (Phi) is 8.82. The number of thioether (sulfide) groups is 1. The molecular formula is C24H23Cl2N3OS2. The summed E-state index contributed by atoms with van der Waals surface area (Å²) in [6.07, 6.45) is 0.659. The lowest BCUT2D eigenvalue weighted by atomic mass is 10.2. The van der Waals surface area contributed by atoms with Crippen LogP contribution in [0.25, 0.3) is 0 Å². The molecule has 0 saturated heterocycles. The molecule has 0 aromatic heterocycles. The third-order valence-electron chi connectivity index (χ3n) is 4.53. The van der Waals surface area contributed by atoms with Crippen molar-refractivity contribution in [3.05, 3.63) is 82.3 Å². The first-order chi connectivity index (χ1) is 15.3. The Morgan fingerprint density at radius 1 is 0.969 bits per heavy atom. The highest BCUT2D eigenvalue weighted by Gasteiger charge is 2.19. The van der Waals surface area contributed by atoms with Crippen LogP contribution >= 0.6 is 47.2 Å². The SMILES string of the molecule is CCC(Sc1cccc(NC(=S)Nc2ccc(C)cc2)c1)C(=O)Nc1ccc(Cl)cc1Cl. The molecule has 3 N–H and O–H groups in total. The molecule has 3 aromatic rings. The fourth-order valence-electron chi connectivity index (χ4n) is 2.87. The fraction of sp³-hybridized carbons (Fsp3) is 0.167. The summed E-state index contributed by atoms with van der Waals surface area (Å²) in [4.78, 5) is 13.8. The van der Waals surface area contributed by atoms with E-state index in [0.29, 0.717) is 27.3 Å². The van der Waals surface area contributed by atoms with Crippen molar-refractivity contribution in [3.63, 3.8) is 0 Å². The minimum atomic E-state index is -0.283. The van der Waals surface area contributed by atoms with Gasteiger partial charge in [0.05, 0.1) is 16.0 Å². The first-order valence-corrected chi connectivity index (χ1v) is 12.1. The molecule has 0 saturated carbocycles. The molecule has 166 valence electrons. The number of carbonyl (C=O) groups excluding carboxylic acids is 1. The summed E-state index contributed by atoms with van der Waals surface area (Å²) in [6.45, 7) is 4.01. The van der Waals surface area contributed by atoms with Crippen LogP contribution in [0.4, 0.5) is 17.1 Å². The van der Waals surface area contributed by atoms with Gasteiger partial charge in [0.1, 0.15) is 0 Å². The standard InChI is InChI=1S/C24H23Cl2N3OS2/c1-3-22(23(30)29-21-12-9-16(25)13-20(21)26)32-19-6-4-5-18(14-19)28-24(31)27-17-10-7-15(2)8-11-17/h4-14,22H,3H2,1-2H3,(H,29,30)(H2,27,28,31). The molecule has 0 heterocycles. The maximum atomic E-state index is 12.8. The normalized spacial score (nSPS) is 11.5. The molecule has 4 nitrogen and oxygen atoms in total. The van der Waals surface area contributed by atoms with E-state index in [0.717, 1.165) is 16.3 Å². The van der Waals surface area contributed by atoms with Gasteiger partial charge in [-0.15, -0.1) is 11.8 Å². The first-order valence-electron chi connectivity index (χ1n) is 10.0. The van der Waals surface area contributed by atoms with E-state index in [1.165, 1.54) is 17.3 Å². The average molecular weight is 505 g/mol. The van der Waals surface area contributed by atoms with Gasteiger partial charge in [0.2, 0.25) is 5.91 Å². The highest BCUT2D eigenvalue weighted by atomic mass is 35.5. The minimum Gasteiger partial charge on any atom is -0.332 e. The Labute approximate surface area is 208 Å². The number of rotatable bonds is 7. The second-order valence-electron chi connectivity index (χ2n) is 7.10. The Morgan fingerprint density at radius 3 is 2.38 bits per heavy atom. The molecular weight excluding hydrogens is 481 g/mol. The van der Waals surface area contributed by atoms with E-state index in [2.05, 4.69) is 16.0 Å². The topological polar surface area (TPSA) is 53.2 Å². The Morgan fingerprint density at radius 2 is 1.69 bits per heavy atom. The molecule has 0 aliphatic heterocycles. The van der Waals surface area contributed by atoms with Crippen molar-refractivity contribution in [1.82, 2.24) is 0 Å². The number of nitrogens with one attached hydrogen (secondary N) is 3. The van der Waals surface area contributed by atoms with E-state index in [1.54, 1.807) is 18.2 Å². The van der Waals surface area contributed by atoms with Gasteiger partial charge in [0.25, 0.3) is 0 Å². The second-order valence-corrected chi connectivity index (χ2v) is 9.63. The van der Waals surface area contributed by atoms with Gasteiger partial charge < -0.3 is 16.0 Å². The first kappa shape index (κ1) is 24.4. The maximum Gasteiger partial charge on any atom is 0.237 e. The van der Waals surface area contributed by atoms with Crippen molar-refractivity contribution >= 4 is 75.3 Å². The molecule has 8 heteroatoms. The van der Waals surface area contributed by atoms with Crippen LogP contribution in [-0.2, 0) is 4.79 Å². The van der Waals surface area contributed by atoms with Crippen LogP contribution in [0, 0.1) is 6.92 Å². The summed E-state index contributed by atoms with van der Waals surface area (Å²) in [5.74, 6) is -0.114. The molecule has 0 aliphatic rings. The van der Waals surface area contributed by atoms with Crippen LogP contribution in [0.3, 0.4) is 0 Å². The van der Waals surface area contributed by atoms with Crippen LogP contribution in [0.15, 0.2) is 71.6 Å². The molecule has 0 radical (unpaired) electrons. The molecule has 0 aliphatic carbocycles. The fourth-order valence-corrected chi connectivity index (χ4v) is 4.57. The smallest absolute Gasteiger partial charge is 0.237 e. The Bertz CT molecular complexity index is 1110. The quantitative estimate of drug-likeness (QED) is 0.228. The van der Waals surface area contributed by atoms with Crippen LogP contribution < -0.4 is 16.0 Å². The number of hydrogen-bond donors (Lipinski definition) is 3. The molecule has 1 atom stereocenters. The van der Waals surface area contributed by atoms with Crippen molar-refractivity contribution in [2.45, 2.75) is 30.4 Å². The lowest BCUT2D eigenvalue weighted by Gasteiger charge is -2.16. The number of aryl methyl sites for hydroxylation is 1. The zero-order valence-electron chi connectivity index (χ0n) is 17.6. The Hall–Kier alpha value is -2.25. The van der Waals surface area contributed by atoms with Crippen LogP contribution in [-0.4, -0.2) is 16.3 Å². The maximum absolute atomic E-state index is 12.8. The highest BCUT2D eigenvalue weighted by Crippen LogP contribution is 2.30. The predicted octanol–water partition coefficient (Wildman–Crippen LogP) is 7.62. The second kappa shape index (κ2) is 11.6. The van der Waals surface area contributed by atoms with Crippen molar-refractivity contribution in [2.75, 3.05) is 16.0 Å². The number of amides is 1. The number of thiocarbonyl (C=S) groups is 1. The van der Waals surface area contributed by atoms with Crippen molar-refractivity contribution in [3.8, 4) is 0 Å². The van der Waals surface area contributed by atoms with Gasteiger partial charge in [-0.1, -0.05) is 53.9 Å². The van der Waals surface area contributed by atoms with E-state index in [-0.39, 0.29) is 11.2 Å². The molecule has 0 bridgehead atoms. The highest BCUT2D eigenvalue weighted by molar-refractivity contribution is 8.00. The van der Waals surface area contributed by atoms with E-state index >= 15 is 0 Å².